The van der Waals surface area contributed by atoms with E-state index in [0.717, 1.165) is 17.7 Å². The smallest absolute Gasteiger partial charge is 0.0799 e. The standard InChI is InChI=1S/C17H24N2Si/c1-13(2)9-15-10-16(14-7-6-8-18-11-14)19-12-17(15)20(3,4)5/h6-8,10-13H,9H2,1-5H3. The van der Waals surface area contributed by atoms with Gasteiger partial charge in [0, 0.05) is 24.2 Å². The minimum absolute atomic E-state index is 0.661. The van der Waals surface area contributed by atoms with Crippen molar-refractivity contribution in [2.45, 2.75) is 39.9 Å². The van der Waals surface area contributed by atoms with Crippen LogP contribution in [0.3, 0.4) is 0 Å². The van der Waals surface area contributed by atoms with E-state index in [-0.39, 0.29) is 0 Å². The molecule has 0 amide bonds. The van der Waals surface area contributed by atoms with Crippen LogP contribution in [0.25, 0.3) is 11.3 Å². The Balaban J connectivity index is 2.49. The molecule has 2 nitrogen and oxygen atoms in total. The van der Waals surface area contributed by atoms with E-state index in [1.54, 1.807) is 6.20 Å². The van der Waals surface area contributed by atoms with Crippen LogP contribution in [0.2, 0.25) is 19.6 Å². The van der Waals surface area contributed by atoms with Crippen LogP contribution < -0.4 is 5.19 Å². The van der Waals surface area contributed by atoms with Crippen molar-refractivity contribution < 1.29 is 0 Å². The van der Waals surface area contributed by atoms with Crippen LogP contribution in [-0.2, 0) is 6.42 Å². The van der Waals surface area contributed by atoms with Crippen molar-refractivity contribution >= 4 is 13.3 Å². The van der Waals surface area contributed by atoms with Crippen LogP contribution in [0.4, 0.5) is 0 Å². The number of pyridine rings is 2. The van der Waals surface area contributed by atoms with E-state index in [4.69, 9.17) is 0 Å². The van der Waals surface area contributed by atoms with E-state index in [0.29, 0.717) is 5.92 Å². The predicted octanol–water partition coefficient (Wildman–Crippen LogP) is 3.89. The predicted molar refractivity (Wildman–Crippen MR) is 89.0 cm³/mol. The fourth-order valence-corrected chi connectivity index (χ4v) is 4.04. The summed E-state index contributed by atoms with van der Waals surface area (Å²) in [6, 6.07) is 6.30. The van der Waals surface area contributed by atoms with Gasteiger partial charge in [-0.15, -0.1) is 0 Å². The molecule has 2 aromatic rings. The van der Waals surface area contributed by atoms with E-state index >= 15 is 0 Å². The van der Waals surface area contributed by atoms with Crippen LogP contribution in [0.1, 0.15) is 19.4 Å². The molecule has 0 fully saturated rings. The quantitative estimate of drug-likeness (QED) is 0.796. The zero-order chi connectivity index (χ0) is 14.8. The summed E-state index contributed by atoms with van der Waals surface area (Å²) in [5.74, 6) is 0.661. The highest BCUT2D eigenvalue weighted by Gasteiger charge is 2.21. The second kappa shape index (κ2) is 5.88. The van der Waals surface area contributed by atoms with Gasteiger partial charge in [-0.05, 0) is 41.3 Å². The van der Waals surface area contributed by atoms with Crippen molar-refractivity contribution in [2.24, 2.45) is 5.92 Å². The zero-order valence-electron chi connectivity index (χ0n) is 13.1. The first-order valence-electron chi connectivity index (χ1n) is 7.27. The molecule has 0 N–H and O–H groups in total. The van der Waals surface area contributed by atoms with Crippen molar-refractivity contribution in [3.05, 3.63) is 42.4 Å². The maximum atomic E-state index is 4.68. The van der Waals surface area contributed by atoms with Crippen molar-refractivity contribution in [1.29, 1.82) is 0 Å². The van der Waals surface area contributed by atoms with Gasteiger partial charge in [0.25, 0.3) is 0 Å². The van der Waals surface area contributed by atoms with Crippen LogP contribution in [0.15, 0.2) is 36.8 Å². The molecule has 0 aliphatic rings. The molecule has 106 valence electrons. The number of rotatable bonds is 4. The van der Waals surface area contributed by atoms with Gasteiger partial charge in [-0.25, -0.2) is 0 Å². The summed E-state index contributed by atoms with van der Waals surface area (Å²) in [7, 11) is -1.35. The molecule has 0 spiro atoms. The SMILES string of the molecule is CC(C)Cc1cc(-c2cccnc2)ncc1[Si](C)(C)C. The molecule has 0 atom stereocenters. The maximum Gasteiger partial charge on any atom is 0.0799 e. The largest absolute Gasteiger partial charge is 0.264 e. The van der Waals surface area contributed by atoms with Crippen LogP contribution in [0, 0.1) is 5.92 Å². The van der Waals surface area contributed by atoms with Gasteiger partial charge in [-0.2, -0.15) is 0 Å². The fraction of sp³-hybridized carbons (Fsp3) is 0.412. The average Bonchev–Trinajstić information content (AvgIpc) is 2.37. The summed E-state index contributed by atoms with van der Waals surface area (Å²) in [6.07, 6.45) is 6.91. The van der Waals surface area contributed by atoms with E-state index in [1.165, 1.54) is 10.8 Å². The van der Waals surface area contributed by atoms with Crippen molar-refractivity contribution in [2.75, 3.05) is 0 Å². The second-order valence-electron chi connectivity index (χ2n) is 6.82. The van der Waals surface area contributed by atoms with Gasteiger partial charge in [0.05, 0.1) is 13.8 Å². The van der Waals surface area contributed by atoms with E-state index in [9.17, 15) is 0 Å². The Labute approximate surface area is 123 Å². The highest BCUT2D eigenvalue weighted by atomic mass is 28.3. The summed E-state index contributed by atoms with van der Waals surface area (Å²) in [5, 5.41) is 1.49. The van der Waals surface area contributed by atoms with Gasteiger partial charge < -0.3 is 0 Å². The molecule has 20 heavy (non-hydrogen) atoms. The third kappa shape index (κ3) is 3.54. The van der Waals surface area contributed by atoms with E-state index < -0.39 is 8.07 Å². The topological polar surface area (TPSA) is 25.8 Å². The van der Waals surface area contributed by atoms with Crippen LogP contribution >= 0.6 is 0 Å². The fourth-order valence-electron chi connectivity index (χ4n) is 2.45. The number of hydrogen-bond donors (Lipinski definition) is 0. The van der Waals surface area contributed by atoms with Gasteiger partial charge in [0.1, 0.15) is 0 Å². The molecule has 3 heteroatoms. The Morgan fingerprint density at radius 2 is 1.90 bits per heavy atom. The summed E-state index contributed by atoms with van der Waals surface area (Å²) in [5.41, 5.74) is 3.60. The van der Waals surface area contributed by atoms with Crippen molar-refractivity contribution in [3.63, 3.8) is 0 Å². The molecule has 0 saturated carbocycles. The lowest BCUT2D eigenvalue weighted by molar-refractivity contribution is 0.649. The van der Waals surface area contributed by atoms with Crippen molar-refractivity contribution in [3.8, 4) is 11.3 Å². The maximum absolute atomic E-state index is 4.68. The molecular formula is C17H24N2Si. The minimum atomic E-state index is -1.35. The van der Waals surface area contributed by atoms with E-state index in [1.807, 2.05) is 12.3 Å². The van der Waals surface area contributed by atoms with E-state index in [2.05, 4.69) is 61.8 Å². The highest BCUT2D eigenvalue weighted by molar-refractivity contribution is 6.89. The summed E-state index contributed by atoms with van der Waals surface area (Å²) in [6.45, 7) is 11.7. The zero-order valence-corrected chi connectivity index (χ0v) is 14.1. The number of nitrogens with zero attached hydrogens (tertiary/aromatic N) is 2. The van der Waals surface area contributed by atoms with Gasteiger partial charge >= 0.3 is 0 Å². The first kappa shape index (κ1) is 14.9. The van der Waals surface area contributed by atoms with Gasteiger partial charge in [-0.1, -0.05) is 33.5 Å². The first-order chi connectivity index (χ1) is 9.38. The summed E-state index contributed by atoms with van der Waals surface area (Å²) >= 11 is 0. The molecule has 2 heterocycles. The second-order valence-corrected chi connectivity index (χ2v) is 11.9. The molecule has 0 aromatic carbocycles. The lowest BCUT2D eigenvalue weighted by Crippen LogP contribution is -2.40. The first-order valence-corrected chi connectivity index (χ1v) is 10.8. The Morgan fingerprint density at radius 1 is 1.15 bits per heavy atom. The van der Waals surface area contributed by atoms with Crippen molar-refractivity contribution in [1.82, 2.24) is 9.97 Å². The average molecular weight is 284 g/mol. The molecule has 0 saturated heterocycles. The molecule has 0 radical (unpaired) electrons. The van der Waals surface area contributed by atoms with Gasteiger partial charge in [-0.3, -0.25) is 9.97 Å². The molecule has 0 bridgehead atoms. The number of hydrogen-bond acceptors (Lipinski definition) is 2. The molecular weight excluding hydrogens is 260 g/mol. The molecule has 0 aliphatic heterocycles. The Kier molecular flexibility index (Phi) is 4.38. The Hall–Kier alpha value is -1.48. The Morgan fingerprint density at radius 3 is 2.45 bits per heavy atom. The van der Waals surface area contributed by atoms with Crippen LogP contribution in [0.5, 0.6) is 0 Å². The summed E-state index contributed by atoms with van der Waals surface area (Å²) in [4.78, 5) is 8.87. The summed E-state index contributed by atoms with van der Waals surface area (Å²) < 4.78 is 0. The molecule has 0 unspecified atom stereocenters. The molecule has 2 aromatic heterocycles. The van der Waals surface area contributed by atoms with Gasteiger partial charge in [0.15, 0.2) is 0 Å². The Bertz CT molecular complexity index is 571. The van der Waals surface area contributed by atoms with Crippen LogP contribution in [-0.4, -0.2) is 18.0 Å². The lowest BCUT2D eigenvalue weighted by Gasteiger charge is -2.22. The third-order valence-corrected chi connectivity index (χ3v) is 5.45. The highest BCUT2D eigenvalue weighted by Crippen LogP contribution is 2.19. The third-order valence-electron chi connectivity index (χ3n) is 3.38. The van der Waals surface area contributed by atoms with Gasteiger partial charge in [0.2, 0.25) is 0 Å². The normalized spacial score (nSPS) is 11.9. The minimum Gasteiger partial charge on any atom is -0.264 e. The number of aromatic nitrogens is 2. The lowest BCUT2D eigenvalue weighted by atomic mass is 10.0. The molecule has 2 rings (SSSR count). The molecule has 0 aliphatic carbocycles. The monoisotopic (exact) mass is 284 g/mol.